The number of ketones is 1. The lowest BCUT2D eigenvalue weighted by Crippen LogP contribution is -2.60. The molecule has 0 saturated carbocycles. The number of halogens is 4. The van der Waals surface area contributed by atoms with Crippen molar-refractivity contribution in [1.82, 2.24) is 4.90 Å². The van der Waals surface area contributed by atoms with Gasteiger partial charge in [0.05, 0.1) is 7.11 Å². The Morgan fingerprint density at radius 2 is 1.85 bits per heavy atom. The van der Waals surface area contributed by atoms with Crippen LogP contribution in [0.5, 0.6) is 0 Å². The van der Waals surface area contributed by atoms with Gasteiger partial charge in [0.25, 0.3) is 0 Å². The van der Waals surface area contributed by atoms with Gasteiger partial charge in [-0.15, -0.1) is 11.6 Å². The van der Waals surface area contributed by atoms with Gasteiger partial charge in [0.1, 0.15) is 0 Å². The Bertz CT molecular complexity index is 412. The lowest BCUT2D eigenvalue weighted by atomic mass is 9.76. The third-order valence-corrected chi connectivity index (χ3v) is 4.97. The average Bonchev–Trinajstić information content (AvgIpc) is 2.35. The van der Waals surface area contributed by atoms with Gasteiger partial charge >= 0.3 is 6.09 Å². The Labute approximate surface area is 137 Å². The number of hydrogen-bond acceptors (Lipinski definition) is 3. The second kappa shape index (κ2) is 6.07. The van der Waals surface area contributed by atoms with Crippen molar-refractivity contribution in [3.8, 4) is 0 Å². The molecule has 4 nitrogen and oxygen atoms in total. The number of carbonyl (C=O) groups excluding carboxylic acids is 2. The molecule has 2 bridgehead atoms. The zero-order valence-corrected chi connectivity index (χ0v) is 13.8. The van der Waals surface area contributed by atoms with Crippen LogP contribution in [-0.2, 0) is 9.53 Å². The van der Waals surface area contributed by atoms with Crippen molar-refractivity contribution in [3.05, 3.63) is 0 Å². The Balaban J connectivity index is 2.28. The summed E-state index contributed by atoms with van der Waals surface area (Å²) in [6.45, 7) is 0. The summed E-state index contributed by atoms with van der Waals surface area (Å²) in [5, 5.41) is -0.0862. The summed E-state index contributed by atoms with van der Waals surface area (Å²) in [6.07, 6.45) is 2.00. The molecule has 2 aliphatic heterocycles. The van der Waals surface area contributed by atoms with E-state index in [1.165, 1.54) is 7.11 Å². The fourth-order valence-corrected chi connectivity index (χ4v) is 4.05. The summed E-state index contributed by atoms with van der Waals surface area (Å²) in [7, 11) is 1.32. The fourth-order valence-electron chi connectivity index (χ4n) is 3.24. The first-order valence-electron chi connectivity index (χ1n) is 6.37. The first kappa shape index (κ1) is 16.5. The van der Waals surface area contributed by atoms with Gasteiger partial charge in [0.15, 0.2) is 5.78 Å². The predicted molar refractivity (Wildman–Crippen MR) is 78.7 cm³/mol. The lowest BCUT2D eigenvalue weighted by Gasteiger charge is -2.50. The highest BCUT2D eigenvalue weighted by atomic mass is 35.6. The van der Waals surface area contributed by atoms with Crippen LogP contribution >= 0.6 is 46.4 Å². The number of Topliss-reactive ketones (excluding diaryl/α,β-unsaturated/α-hetero) is 1. The van der Waals surface area contributed by atoms with Crippen molar-refractivity contribution in [2.45, 2.75) is 46.9 Å². The number of fused-ring (bicyclic) bond motifs is 2. The van der Waals surface area contributed by atoms with Crippen molar-refractivity contribution < 1.29 is 14.3 Å². The molecular formula is C12H15Cl4NO3. The molecule has 0 N–H and O–H groups in total. The average molecular weight is 363 g/mol. The Morgan fingerprint density at radius 3 is 2.40 bits per heavy atom. The number of methoxy groups -OCH3 is 1. The number of amides is 1. The van der Waals surface area contributed by atoms with Crippen LogP contribution in [0.4, 0.5) is 4.79 Å². The maximum absolute atomic E-state index is 12.3. The summed E-state index contributed by atoms with van der Waals surface area (Å²) >= 11 is 23.3. The molecule has 0 radical (unpaired) electrons. The van der Waals surface area contributed by atoms with Crippen LogP contribution in [0.3, 0.4) is 0 Å². The predicted octanol–water partition coefficient (Wildman–Crippen LogP) is 3.54. The Hall–Kier alpha value is 0.1000. The van der Waals surface area contributed by atoms with E-state index in [4.69, 9.17) is 51.1 Å². The topological polar surface area (TPSA) is 46.6 Å². The first-order valence-corrected chi connectivity index (χ1v) is 7.94. The monoisotopic (exact) mass is 361 g/mol. The molecule has 4 atom stereocenters. The van der Waals surface area contributed by atoms with Gasteiger partial charge in [-0.05, 0) is 25.7 Å². The Kier molecular flexibility index (Phi) is 5.00. The highest BCUT2D eigenvalue weighted by Crippen LogP contribution is 2.43. The molecule has 1 amide bonds. The molecule has 2 fully saturated rings. The SMILES string of the molecule is COC(=O)N1[C@@H]2CC[C@@H](C(=O)C(Cl)(Cl)Cl)[C@H]1C[C@H](Cl)C2. The van der Waals surface area contributed by atoms with Crippen LogP contribution in [0.1, 0.15) is 25.7 Å². The molecule has 2 heterocycles. The maximum atomic E-state index is 12.3. The third-order valence-electron chi connectivity index (χ3n) is 4.05. The standard InChI is InChI=1S/C12H15Cl4NO3/c1-20-11(19)17-7-2-3-8(10(18)12(14,15)16)9(17)5-6(13)4-7/h6-9H,2-5H2,1H3/t6-,7-,8-,9-/m1/s1. The number of nitrogens with zero attached hydrogens (tertiary/aromatic N) is 1. The molecule has 0 spiro atoms. The number of rotatable bonds is 1. The number of alkyl halides is 4. The van der Waals surface area contributed by atoms with E-state index in [2.05, 4.69) is 0 Å². The van der Waals surface area contributed by atoms with E-state index in [9.17, 15) is 9.59 Å². The quantitative estimate of drug-likeness (QED) is 0.670. The molecule has 8 heteroatoms. The van der Waals surface area contributed by atoms with Crippen molar-refractivity contribution in [3.63, 3.8) is 0 Å². The van der Waals surface area contributed by atoms with Gasteiger partial charge < -0.3 is 9.64 Å². The second-order valence-corrected chi connectivity index (χ2v) is 8.11. The van der Waals surface area contributed by atoms with E-state index in [0.717, 1.165) is 0 Å². The maximum Gasteiger partial charge on any atom is 0.410 e. The largest absolute Gasteiger partial charge is 0.453 e. The minimum atomic E-state index is -1.97. The molecule has 0 unspecified atom stereocenters. The summed E-state index contributed by atoms with van der Waals surface area (Å²) in [4.78, 5) is 25.8. The normalized spacial score (nSPS) is 33.8. The van der Waals surface area contributed by atoms with Crippen LogP contribution in [0.15, 0.2) is 0 Å². The van der Waals surface area contributed by atoms with Gasteiger partial charge in [-0.25, -0.2) is 4.79 Å². The zero-order chi connectivity index (χ0) is 15.1. The highest BCUT2D eigenvalue weighted by Gasteiger charge is 2.51. The van der Waals surface area contributed by atoms with Gasteiger partial charge in [0, 0.05) is 23.4 Å². The molecule has 2 rings (SSSR count). The molecule has 2 aliphatic rings. The van der Waals surface area contributed by atoms with Crippen LogP contribution in [-0.4, -0.2) is 45.1 Å². The highest BCUT2D eigenvalue weighted by molar-refractivity contribution is 6.76. The van der Waals surface area contributed by atoms with Crippen LogP contribution in [0.2, 0.25) is 0 Å². The number of hydrogen-bond donors (Lipinski definition) is 0. The van der Waals surface area contributed by atoms with Crippen LogP contribution < -0.4 is 0 Å². The summed E-state index contributed by atoms with van der Waals surface area (Å²) in [5.74, 6) is -0.995. The first-order chi connectivity index (χ1) is 9.25. The van der Waals surface area contributed by atoms with Crippen LogP contribution in [0, 0.1) is 5.92 Å². The minimum Gasteiger partial charge on any atom is -0.453 e. The van der Waals surface area contributed by atoms with Crippen molar-refractivity contribution in [2.24, 2.45) is 5.92 Å². The van der Waals surface area contributed by atoms with Crippen molar-refractivity contribution in [2.75, 3.05) is 7.11 Å². The molecule has 0 aromatic heterocycles. The van der Waals surface area contributed by atoms with Gasteiger partial charge in [0.2, 0.25) is 3.79 Å². The van der Waals surface area contributed by atoms with Gasteiger partial charge in [-0.1, -0.05) is 34.8 Å². The molecule has 2 saturated heterocycles. The van der Waals surface area contributed by atoms with Crippen molar-refractivity contribution in [1.29, 1.82) is 0 Å². The summed E-state index contributed by atoms with van der Waals surface area (Å²) in [6, 6.07) is -0.372. The van der Waals surface area contributed by atoms with Gasteiger partial charge in [-0.2, -0.15) is 0 Å². The number of ether oxygens (including phenoxy) is 1. The number of carbonyl (C=O) groups is 2. The second-order valence-electron chi connectivity index (χ2n) is 5.21. The van der Waals surface area contributed by atoms with E-state index in [0.29, 0.717) is 25.7 Å². The molecule has 114 valence electrons. The molecule has 0 aromatic rings. The van der Waals surface area contributed by atoms with E-state index >= 15 is 0 Å². The minimum absolute atomic E-state index is 0.0110. The van der Waals surface area contributed by atoms with E-state index < -0.39 is 21.6 Å². The van der Waals surface area contributed by atoms with Gasteiger partial charge in [-0.3, -0.25) is 4.79 Å². The third kappa shape index (κ3) is 3.13. The zero-order valence-electron chi connectivity index (χ0n) is 10.8. The molecule has 0 aliphatic carbocycles. The number of piperidine rings is 2. The smallest absolute Gasteiger partial charge is 0.410 e. The summed E-state index contributed by atoms with van der Waals surface area (Å²) in [5.41, 5.74) is 0. The van der Waals surface area contributed by atoms with E-state index in [-0.39, 0.29) is 17.5 Å². The Morgan fingerprint density at radius 1 is 1.20 bits per heavy atom. The van der Waals surface area contributed by atoms with E-state index in [1.54, 1.807) is 4.90 Å². The summed E-state index contributed by atoms with van der Waals surface area (Å²) < 4.78 is 2.83. The van der Waals surface area contributed by atoms with Crippen LogP contribution in [0.25, 0.3) is 0 Å². The fraction of sp³-hybridized carbons (Fsp3) is 0.833. The van der Waals surface area contributed by atoms with Crippen molar-refractivity contribution >= 4 is 58.3 Å². The molecule has 0 aromatic carbocycles. The van der Waals surface area contributed by atoms with E-state index in [1.807, 2.05) is 0 Å². The molecular weight excluding hydrogens is 348 g/mol. The lowest BCUT2D eigenvalue weighted by molar-refractivity contribution is -0.127. The molecule has 20 heavy (non-hydrogen) atoms.